The van der Waals surface area contributed by atoms with Gasteiger partial charge in [0.2, 0.25) is 0 Å². The molecule has 0 saturated heterocycles. The highest BCUT2D eigenvalue weighted by atomic mass is 19.1. The lowest BCUT2D eigenvalue weighted by molar-refractivity contribution is -0.104. The molecule has 1 rings (SSSR count). The molecule has 0 unspecified atom stereocenters. The highest BCUT2D eigenvalue weighted by Crippen LogP contribution is 2.06. The third-order valence-corrected chi connectivity index (χ3v) is 1.38. The van der Waals surface area contributed by atoms with E-state index in [-0.39, 0.29) is 5.56 Å². The van der Waals surface area contributed by atoms with Crippen LogP contribution in [0.3, 0.4) is 0 Å². The van der Waals surface area contributed by atoms with E-state index in [0.717, 1.165) is 6.20 Å². The van der Waals surface area contributed by atoms with Crippen molar-refractivity contribution in [3.63, 3.8) is 0 Å². The monoisotopic (exact) mass is 179 g/mol. The van der Waals surface area contributed by atoms with Crippen molar-refractivity contribution in [1.82, 2.24) is 4.98 Å². The zero-order chi connectivity index (χ0) is 9.68. The van der Waals surface area contributed by atoms with Gasteiger partial charge in [-0.1, -0.05) is 0 Å². The normalized spacial score (nSPS) is 10.2. The van der Waals surface area contributed by atoms with E-state index >= 15 is 0 Å². The average molecular weight is 179 g/mol. The molecule has 0 amide bonds. The first-order chi connectivity index (χ1) is 6.27. The average Bonchev–Trinajstić information content (AvgIpc) is 2.16. The fourth-order valence-electron chi connectivity index (χ4n) is 0.791. The predicted molar refractivity (Wildman–Crippen MR) is 44.7 cm³/mol. The van der Waals surface area contributed by atoms with Gasteiger partial charge >= 0.3 is 0 Å². The Morgan fingerprint density at radius 3 is 2.77 bits per heavy atom. The van der Waals surface area contributed by atoms with Gasteiger partial charge in [-0.05, 0) is 18.2 Å². The number of rotatable bonds is 3. The predicted octanol–water partition coefficient (Wildman–Crippen LogP) is 1.25. The van der Waals surface area contributed by atoms with Crippen molar-refractivity contribution in [3.8, 4) is 0 Å². The molecular weight excluding hydrogens is 173 g/mol. The molecule has 0 spiro atoms. The minimum atomic E-state index is -0.668. The number of allylic oxidation sites excluding steroid dienone is 1. The Balaban J connectivity index is 3.05. The second-order valence-corrected chi connectivity index (χ2v) is 2.24. The van der Waals surface area contributed by atoms with Gasteiger partial charge in [0, 0.05) is 0 Å². The topological polar surface area (TPSA) is 47.0 Å². The van der Waals surface area contributed by atoms with Gasteiger partial charge in [-0.3, -0.25) is 14.6 Å². The van der Waals surface area contributed by atoms with Crippen LogP contribution in [0.4, 0.5) is 4.39 Å². The van der Waals surface area contributed by atoms with Crippen LogP contribution in [0.25, 0.3) is 6.08 Å². The van der Waals surface area contributed by atoms with E-state index < -0.39 is 5.82 Å². The van der Waals surface area contributed by atoms with Gasteiger partial charge < -0.3 is 0 Å². The summed E-state index contributed by atoms with van der Waals surface area (Å²) >= 11 is 0. The van der Waals surface area contributed by atoms with Crippen molar-refractivity contribution in [2.45, 2.75) is 0 Å². The quantitative estimate of drug-likeness (QED) is 0.518. The van der Waals surface area contributed by atoms with E-state index in [1.165, 1.54) is 18.2 Å². The number of carbonyl (C=O) groups excluding carboxylic acids is 2. The van der Waals surface area contributed by atoms with Crippen molar-refractivity contribution >= 4 is 18.6 Å². The highest BCUT2D eigenvalue weighted by molar-refractivity contribution is 5.78. The van der Waals surface area contributed by atoms with Gasteiger partial charge in [-0.25, -0.2) is 4.39 Å². The van der Waals surface area contributed by atoms with Crippen LogP contribution in [0, 0.1) is 5.82 Å². The fraction of sp³-hybridized carbons (Fsp3) is 0. The van der Waals surface area contributed by atoms with Gasteiger partial charge in [-0.2, -0.15) is 0 Å². The lowest BCUT2D eigenvalue weighted by Gasteiger charge is -1.94. The maximum atomic E-state index is 12.7. The third-order valence-electron chi connectivity index (χ3n) is 1.38. The number of pyridine rings is 1. The SMILES string of the molecule is O=CC=Cc1cc(C=O)c(F)cn1. The van der Waals surface area contributed by atoms with Crippen LogP contribution in [-0.2, 0) is 4.79 Å². The lowest BCUT2D eigenvalue weighted by atomic mass is 10.2. The molecule has 0 radical (unpaired) electrons. The van der Waals surface area contributed by atoms with Gasteiger partial charge in [0.05, 0.1) is 17.5 Å². The van der Waals surface area contributed by atoms with Crippen molar-refractivity contribution < 1.29 is 14.0 Å². The maximum Gasteiger partial charge on any atom is 0.153 e. The molecule has 0 fully saturated rings. The van der Waals surface area contributed by atoms with E-state index in [0.29, 0.717) is 18.3 Å². The van der Waals surface area contributed by atoms with Gasteiger partial charge in [0.1, 0.15) is 6.29 Å². The van der Waals surface area contributed by atoms with Gasteiger partial charge in [0.15, 0.2) is 12.1 Å². The first-order valence-electron chi connectivity index (χ1n) is 3.50. The molecule has 0 N–H and O–H groups in total. The molecule has 0 atom stereocenters. The van der Waals surface area contributed by atoms with Crippen LogP contribution < -0.4 is 0 Å². The maximum absolute atomic E-state index is 12.7. The Labute approximate surface area is 73.9 Å². The van der Waals surface area contributed by atoms with E-state index in [9.17, 15) is 14.0 Å². The number of halogens is 1. The molecule has 0 bridgehead atoms. The molecule has 1 aromatic rings. The second-order valence-electron chi connectivity index (χ2n) is 2.24. The van der Waals surface area contributed by atoms with Crippen LogP contribution in [0.15, 0.2) is 18.3 Å². The molecule has 3 nitrogen and oxygen atoms in total. The molecule has 1 heterocycles. The third kappa shape index (κ3) is 2.30. The molecule has 0 saturated carbocycles. The minimum absolute atomic E-state index is 0.0689. The van der Waals surface area contributed by atoms with Crippen molar-refractivity contribution in [3.05, 3.63) is 35.4 Å². The smallest absolute Gasteiger partial charge is 0.153 e. The zero-order valence-corrected chi connectivity index (χ0v) is 6.61. The molecular formula is C9H6FNO2. The lowest BCUT2D eigenvalue weighted by Crippen LogP contribution is -1.91. The Kier molecular flexibility index (Phi) is 3.03. The Morgan fingerprint density at radius 2 is 2.15 bits per heavy atom. The molecule has 13 heavy (non-hydrogen) atoms. The molecule has 4 heteroatoms. The van der Waals surface area contributed by atoms with Crippen LogP contribution in [0.1, 0.15) is 16.1 Å². The molecule has 0 aliphatic heterocycles. The zero-order valence-electron chi connectivity index (χ0n) is 6.61. The van der Waals surface area contributed by atoms with E-state index in [2.05, 4.69) is 4.98 Å². The summed E-state index contributed by atoms with van der Waals surface area (Å²) in [6, 6.07) is 1.27. The summed E-state index contributed by atoms with van der Waals surface area (Å²) in [6.07, 6.45) is 4.52. The summed E-state index contributed by atoms with van der Waals surface area (Å²) in [4.78, 5) is 23.9. The Bertz CT molecular complexity index is 361. The van der Waals surface area contributed by atoms with Gasteiger partial charge in [0.25, 0.3) is 0 Å². The number of aldehydes is 2. The van der Waals surface area contributed by atoms with E-state index in [1.54, 1.807) is 0 Å². The molecule has 66 valence electrons. The summed E-state index contributed by atoms with van der Waals surface area (Å²) in [7, 11) is 0. The Hall–Kier alpha value is -1.84. The number of nitrogens with zero attached hydrogens (tertiary/aromatic N) is 1. The summed E-state index contributed by atoms with van der Waals surface area (Å²) < 4.78 is 12.7. The fourth-order valence-corrected chi connectivity index (χ4v) is 0.791. The van der Waals surface area contributed by atoms with Crippen LogP contribution in [0.2, 0.25) is 0 Å². The van der Waals surface area contributed by atoms with Crippen molar-refractivity contribution in [1.29, 1.82) is 0 Å². The number of hydrogen-bond donors (Lipinski definition) is 0. The van der Waals surface area contributed by atoms with E-state index in [4.69, 9.17) is 0 Å². The number of hydrogen-bond acceptors (Lipinski definition) is 3. The van der Waals surface area contributed by atoms with Crippen LogP contribution in [-0.4, -0.2) is 17.6 Å². The largest absolute Gasteiger partial charge is 0.299 e. The minimum Gasteiger partial charge on any atom is -0.299 e. The standard InChI is InChI=1S/C9H6FNO2/c10-9-5-11-8(2-1-3-12)4-7(9)6-13/h1-6H. The van der Waals surface area contributed by atoms with Crippen LogP contribution in [0.5, 0.6) is 0 Å². The molecule has 0 aliphatic carbocycles. The summed E-state index contributed by atoms with van der Waals surface area (Å²) in [5, 5.41) is 0. The van der Waals surface area contributed by atoms with Crippen molar-refractivity contribution in [2.75, 3.05) is 0 Å². The molecule has 0 aromatic carbocycles. The number of carbonyl (C=O) groups is 2. The van der Waals surface area contributed by atoms with Crippen LogP contribution >= 0.6 is 0 Å². The summed E-state index contributed by atoms with van der Waals surface area (Å²) in [5.74, 6) is -0.668. The summed E-state index contributed by atoms with van der Waals surface area (Å²) in [6.45, 7) is 0. The molecule has 0 aliphatic rings. The van der Waals surface area contributed by atoms with E-state index in [1.807, 2.05) is 0 Å². The summed E-state index contributed by atoms with van der Waals surface area (Å²) in [5.41, 5.74) is 0.302. The van der Waals surface area contributed by atoms with Gasteiger partial charge in [-0.15, -0.1) is 0 Å². The number of aromatic nitrogens is 1. The first-order valence-corrected chi connectivity index (χ1v) is 3.50. The highest BCUT2D eigenvalue weighted by Gasteiger charge is 2.00. The first kappa shape index (κ1) is 9.25. The molecule has 1 aromatic heterocycles. The second kappa shape index (κ2) is 4.25. The van der Waals surface area contributed by atoms with Crippen molar-refractivity contribution in [2.24, 2.45) is 0 Å². The Morgan fingerprint density at radius 1 is 1.38 bits per heavy atom.